The number of furan rings is 1. The summed E-state index contributed by atoms with van der Waals surface area (Å²) in [6.07, 6.45) is 0. The molecule has 0 spiro atoms. The van der Waals surface area contributed by atoms with Crippen LogP contribution in [0.1, 0.15) is 0 Å². The third kappa shape index (κ3) is 4.96. The van der Waals surface area contributed by atoms with Crippen LogP contribution in [-0.4, -0.2) is 15.0 Å². The second-order valence-electron chi connectivity index (χ2n) is 12.8. The van der Waals surface area contributed by atoms with Crippen LogP contribution in [0.5, 0.6) is 0 Å². The monoisotopic (exact) mass is 651 g/mol. The molecule has 3 heterocycles. The average molecular weight is 652 g/mol. The van der Waals surface area contributed by atoms with Crippen LogP contribution in [0, 0.1) is 0 Å². The topological polar surface area (TPSA) is 51.8 Å². The molecule has 238 valence electrons. The highest BCUT2D eigenvalue weighted by atomic mass is 16.3. The zero-order valence-corrected chi connectivity index (χ0v) is 27.5. The smallest absolute Gasteiger partial charge is 0.160 e. The lowest BCUT2D eigenvalue weighted by Crippen LogP contribution is -1.96. The molecule has 51 heavy (non-hydrogen) atoms. The number of fused-ring (bicyclic) bond motifs is 6. The lowest BCUT2D eigenvalue weighted by atomic mass is 9.94. The van der Waals surface area contributed by atoms with E-state index in [1.165, 1.54) is 10.8 Å². The van der Waals surface area contributed by atoms with Crippen molar-refractivity contribution in [2.75, 3.05) is 0 Å². The first-order valence-corrected chi connectivity index (χ1v) is 17.1. The molecule has 3 aromatic heterocycles. The summed E-state index contributed by atoms with van der Waals surface area (Å²) in [6.45, 7) is 0. The molecule has 0 bridgehead atoms. The third-order valence-corrected chi connectivity index (χ3v) is 9.70. The summed E-state index contributed by atoms with van der Waals surface area (Å²) < 4.78 is 6.65. The summed E-state index contributed by atoms with van der Waals surface area (Å²) in [5.41, 5.74) is 11.5. The van der Waals surface area contributed by atoms with E-state index in [4.69, 9.17) is 19.4 Å². The molecule has 4 nitrogen and oxygen atoms in total. The molecule has 0 atom stereocenters. The molecule has 0 aliphatic heterocycles. The molecule has 0 aliphatic carbocycles. The Kier molecular flexibility index (Phi) is 6.78. The van der Waals surface area contributed by atoms with Crippen LogP contribution < -0.4 is 0 Å². The van der Waals surface area contributed by atoms with E-state index in [0.717, 1.165) is 83.3 Å². The van der Waals surface area contributed by atoms with E-state index in [-0.39, 0.29) is 0 Å². The van der Waals surface area contributed by atoms with Crippen molar-refractivity contribution in [1.82, 2.24) is 15.0 Å². The van der Waals surface area contributed by atoms with Gasteiger partial charge >= 0.3 is 0 Å². The van der Waals surface area contributed by atoms with Gasteiger partial charge < -0.3 is 4.42 Å². The molecular weight excluding hydrogens is 623 g/mol. The van der Waals surface area contributed by atoms with Gasteiger partial charge in [0.2, 0.25) is 0 Å². The van der Waals surface area contributed by atoms with E-state index < -0.39 is 0 Å². The lowest BCUT2D eigenvalue weighted by Gasteiger charge is -2.13. The Morgan fingerprint density at radius 1 is 0.392 bits per heavy atom. The summed E-state index contributed by atoms with van der Waals surface area (Å²) in [5, 5.41) is 5.43. The molecule has 0 unspecified atom stereocenters. The van der Waals surface area contributed by atoms with Gasteiger partial charge in [-0.1, -0.05) is 158 Å². The van der Waals surface area contributed by atoms with Crippen molar-refractivity contribution < 1.29 is 4.42 Å². The van der Waals surface area contributed by atoms with Crippen LogP contribution in [0.4, 0.5) is 0 Å². The predicted octanol–water partition coefficient (Wildman–Crippen LogP) is 12.4. The minimum absolute atomic E-state index is 0.672. The summed E-state index contributed by atoms with van der Waals surface area (Å²) in [4.78, 5) is 15.6. The molecule has 0 saturated carbocycles. The average Bonchev–Trinajstić information content (AvgIpc) is 3.61. The van der Waals surface area contributed by atoms with E-state index in [1.54, 1.807) is 0 Å². The highest BCUT2D eigenvalue weighted by Crippen LogP contribution is 2.43. The second kappa shape index (κ2) is 11.9. The fourth-order valence-corrected chi connectivity index (χ4v) is 7.24. The number of nitrogens with zero attached hydrogens (tertiary/aromatic N) is 3. The van der Waals surface area contributed by atoms with Gasteiger partial charge in [0.1, 0.15) is 11.2 Å². The van der Waals surface area contributed by atoms with Crippen LogP contribution >= 0.6 is 0 Å². The SMILES string of the molecule is c1ccc(-c2cc(-c3ccccc3)nc(-c3ccc(-c4nc5c(-c6cccc7ccccc67)cccc5c5oc6ccccc6c45)cc3)n2)cc1. The Bertz CT molecular complexity index is 2830. The molecular formula is C47H29N3O. The van der Waals surface area contributed by atoms with Gasteiger partial charge in [0, 0.05) is 38.6 Å². The van der Waals surface area contributed by atoms with Crippen LogP contribution in [0.3, 0.4) is 0 Å². The number of rotatable bonds is 5. The Morgan fingerprint density at radius 2 is 0.961 bits per heavy atom. The number of hydrogen-bond donors (Lipinski definition) is 0. The Morgan fingerprint density at radius 3 is 1.71 bits per heavy atom. The van der Waals surface area contributed by atoms with E-state index in [2.05, 4.69) is 127 Å². The van der Waals surface area contributed by atoms with Crippen molar-refractivity contribution in [3.63, 3.8) is 0 Å². The summed E-state index contributed by atoms with van der Waals surface area (Å²) in [7, 11) is 0. The molecule has 0 fully saturated rings. The molecule has 0 aliphatic rings. The van der Waals surface area contributed by atoms with Gasteiger partial charge in [0.05, 0.1) is 28.0 Å². The molecule has 10 rings (SSSR count). The summed E-state index contributed by atoms with van der Waals surface area (Å²) in [5.74, 6) is 0.672. The van der Waals surface area contributed by atoms with E-state index in [0.29, 0.717) is 5.82 Å². The van der Waals surface area contributed by atoms with Crippen molar-refractivity contribution in [2.24, 2.45) is 0 Å². The molecule has 0 amide bonds. The van der Waals surface area contributed by atoms with Crippen LogP contribution in [0.15, 0.2) is 180 Å². The fourth-order valence-electron chi connectivity index (χ4n) is 7.24. The first kappa shape index (κ1) is 29.0. The van der Waals surface area contributed by atoms with Gasteiger partial charge in [0.15, 0.2) is 5.82 Å². The first-order valence-electron chi connectivity index (χ1n) is 17.1. The number of aromatic nitrogens is 3. The van der Waals surface area contributed by atoms with E-state index in [1.807, 2.05) is 48.5 Å². The molecule has 0 N–H and O–H groups in total. The maximum Gasteiger partial charge on any atom is 0.160 e. The number of benzene rings is 7. The van der Waals surface area contributed by atoms with Gasteiger partial charge in [0.25, 0.3) is 0 Å². The van der Waals surface area contributed by atoms with Crippen LogP contribution in [0.25, 0.3) is 99.9 Å². The maximum absolute atomic E-state index is 6.65. The maximum atomic E-state index is 6.65. The molecule has 0 saturated heterocycles. The zero-order valence-electron chi connectivity index (χ0n) is 27.5. The Labute approximate surface area is 294 Å². The predicted molar refractivity (Wildman–Crippen MR) is 209 cm³/mol. The van der Waals surface area contributed by atoms with Crippen LogP contribution in [-0.2, 0) is 0 Å². The van der Waals surface area contributed by atoms with Crippen molar-refractivity contribution in [2.45, 2.75) is 0 Å². The Hall–Kier alpha value is -6.91. The zero-order chi connectivity index (χ0) is 33.7. The molecule has 0 radical (unpaired) electrons. The second-order valence-corrected chi connectivity index (χ2v) is 12.8. The lowest BCUT2D eigenvalue weighted by molar-refractivity contribution is 0.672. The van der Waals surface area contributed by atoms with Gasteiger partial charge in [-0.3, -0.25) is 0 Å². The third-order valence-electron chi connectivity index (χ3n) is 9.70. The van der Waals surface area contributed by atoms with Gasteiger partial charge in [-0.05, 0) is 34.5 Å². The minimum Gasteiger partial charge on any atom is -0.455 e. The molecule has 4 heteroatoms. The van der Waals surface area contributed by atoms with Crippen LogP contribution in [0.2, 0.25) is 0 Å². The van der Waals surface area contributed by atoms with Gasteiger partial charge in [-0.25, -0.2) is 15.0 Å². The normalized spacial score (nSPS) is 11.5. The highest BCUT2D eigenvalue weighted by Gasteiger charge is 2.20. The summed E-state index contributed by atoms with van der Waals surface area (Å²) >= 11 is 0. The Balaban J connectivity index is 1.17. The molecule has 10 aromatic rings. The number of hydrogen-bond acceptors (Lipinski definition) is 4. The quantitative estimate of drug-likeness (QED) is 0.186. The van der Waals surface area contributed by atoms with E-state index in [9.17, 15) is 0 Å². The van der Waals surface area contributed by atoms with E-state index >= 15 is 0 Å². The van der Waals surface area contributed by atoms with Crippen molar-refractivity contribution in [3.05, 3.63) is 176 Å². The first-order chi connectivity index (χ1) is 25.3. The number of pyridine rings is 1. The minimum atomic E-state index is 0.672. The van der Waals surface area contributed by atoms with Crippen molar-refractivity contribution >= 4 is 43.6 Å². The standard InChI is InChI=1S/C47H29N3O/c1-3-14-31(15-4-1)40-29-41(32-16-5-2-6-17-32)49-47(48-40)34-27-25-33(26-28-34)44-43-38-20-9-10-24-42(38)51-46(43)39-23-12-22-37(45(39)50-44)36-21-11-18-30-13-7-8-19-35(30)36/h1-29H. The number of para-hydroxylation sites is 2. The van der Waals surface area contributed by atoms with Crippen molar-refractivity contribution in [3.8, 4) is 56.3 Å². The van der Waals surface area contributed by atoms with Crippen molar-refractivity contribution in [1.29, 1.82) is 0 Å². The largest absolute Gasteiger partial charge is 0.455 e. The summed E-state index contributed by atoms with van der Waals surface area (Å²) in [6, 6.07) is 60.7. The fraction of sp³-hybridized carbons (Fsp3) is 0. The van der Waals surface area contributed by atoms with Gasteiger partial charge in [-0.2, -0.15) is 0 Å². The van der Waals surface area contributed by atoms with Gasteiger partial charge in [-0.15, -0.1) is 0 Å². The highest BCUT2D eigenvalue weighted by molar-refractivity contribution is 6.21. The molecule has 7 aromatic carbocycles.